The Labute approximate surface area is 131 Å². The SMILES string of the molecule is Cc1ccc(C(=O)NCC(=O)NCC2(N)CCCCC2)cc1. The van der Waals surface area contributed by atoms with E-state index in [0.29, 0.717) is 12.1 Å². The van der Waals surface area contributed by atoms with Crippen LogP contribution in [0.15, 0.2) is 24.3 Å². The summed E-state index contributed by atoms with van der Waals surface area (Å²) < 4.78 is 0. The highest BCUT2D eigenvalue weighted by molar-refractivity contribution is 5.96. The molecule has 0 radical (unpaired) electrons. The number of hydrogen-bond donors (Lipinski definition) is 3. The van der Waals surface area contributed by atoms with Gasteiger partial charge in [-0.15, -0.1) is 0 Å². The van der Waals surface area contributed by atoms with Crippen molar-refractivity contribution in [1.82, 2.24) is 10.6 Å². The number of carbonyl (C=O) groups excluding carboxylic acids is 2. The normalized spacial score (nSPS) is 16.8. The standard InChI is InChI=1S/C17H25N3O2/c1-13-5-7-14(8-6-13)16(22)19-11-15(21)20-12-17(18)9-3-2-4-10-17/h5-8H,2-4,9-12,18H2,1H3,(H,19,22)(H,20,21). The third-order valence-electron chi connectivity index (χ3n) is 4.21. The summed E-state index contributed by atoms with van der Waals surface area (Å²) in [6, 6.07) is 7.24. The van der Waals surface area contributed by atoms with Gasteiger partial charge in [-0.2, -0.15) is 0 Å². The van der Waals surface area contributed by atoms with Crippen molar-refractivity contribution in [2.24, 2.45) is 5.73 Å². The van der Waals surface area contributed by atoms with Crippen molar-refractivity contribution < 1.29 is 9.59 Å². The molecule has 0 atom stereocenters. The molecule has 5 heteroatoms. The van der Waals surface area contributed by atoms with Gasteiger partial charge in [0.15, 0.2) is 0 Å². The summed E-state index contributed by atoms with van der Waals surface area (Å²) in [5.41, 5.74) is 7.63. The zero-order valence-corrected chi connectivity index (χ0v) is 13.2. The quantitative estimate of drug-likeness (QED) is 0.771. The van der Waals surface area contributed by atoms with Gasteiger partial charge in [0.25, 0.3) is 5.91 Å². The Morgan fingerprint density at radius 1 is 1.09 bits per heavy atom. The Morgan fingerprint density at radius 3 is 2.36 bits per heavy atom. The molecule has 1 aromatic rings. The van der Waals surface area contributed by atoms with Crippen molar-refractivity contribution in [3.63, 3.8) is 0 Å². The zero-order chi connectivity index (χ0) is 16.0. The van der Waals surface area contributed by atoms with Gasteiger partial charge >= 0.3 is 0 Å². The molecule has 5 nitrogen and oxygen atoms in total. The molecule has 1 fully saturated rings. The predicted octanol–water partition coefficient (Wildman–Crippen LogP) is 1.50. The first-order valence-corrected chi connectivity index (χ1v) is 7.89. The molecular weight excluding hydrogens is 278 g/mol. The van der Waals surface area contributed by atoms with Gasteiger partial charge in [-0.05, 0) is 31.9 Å². The van der Waals surface area contributed by atoms with E-state index in [4.69, 9.17) is 5.73 Å². The number of benzene rings is 1. The number of aryl methyl sites for hydroxylation is 1. The minimum atomic E-state index is -0.283. The number of amides is 2. The largest absolute Gasteiger partial charge is 0.353 e. The Hall–Kier alpha value is -1.88. The van der Waals surface area contributed by atoms with E-state index in [9.17, 15) is 9.59 Å². The fraction of sp³-hybridized carbons (Fsp3) is 0.529. The fourth-order valence-electron chi connectivity index (χ4n) is 2.74. The minimum absolute atomic E-state index is 0.0250. The molecule has 0 aromatic heterocycles. The summed E-state index contributed by atoms with van der Waals surface area (Å²) in [7, 11) is 0. The molecule has 1 aliphatic rings. The topological polar surface area (TPSA) is 84.2 Å². The van der Waals surface area contributed by atoms with Crippen LogP contribution in [0.3, 0.4) is 0 Å². The highest BCUT2D eigenvalue weighted by Gasteiger charge is 2.27. The van der Waals surface area contributed by atoms with Gasteiger partial charge in [-0.1, -0.05) is 37.0 Å². The van der Waals surface area contributed by atoms with Crippen LogP contribution in [0.5, 0.6) is 0 Å². The first-order valence-electron chi connectivity index (χ1n) is 7.89. The smallest absolute Gasteiger partial charge is 0.251 e. The van der Waals surface area contributed by atoms with E-state index >= 15 is 0 Å². The van der Waals surface area contributed by atoms with Gasteiger partial charge in [0.2, 0.25) is 5.91 Å². The van der Waals surface area contributed by atoms with Gasteiger partial charge < -0.3 is 16.4 Å². The monoisotopic (exact) mass is 303 g/mol. The Bertz CT molecular complexity index is 519. The first-order chi connectivity index (χ1) is 10.5. The van der Waals surface area contributed by atoms with E-state index in [1.165, 1.54) is 6.42 Å². The lowest BCUT2D eigenvalue weighted by Gasteiger charge is -2.33. The molecule has 0 saturated heterocycles. The lowest BCUT2D eigenvalue weighted by Crippen LogP contribution is -2.52. The van der Waals surface area contributed by atoms with Crippen molar-refractivity contribution in [1.29, 1.82) is 0 Å². The average Bonchev–Trinajstić information content (AvgIpc) is 2.52. The summed E-state index contributed by atoms with van der Waals surface area (Å²) in [5.74, 6) is -0.439. The van der Waals surface area contributed by atoms with Crippen molar-refractivity contribution >= 4 is 11.8 Å². The molecule has 1 aromatic carbocycles. The molecular formula is C17H25N3O2. The third kappa shape index (κ3) is 4.84. The molecule has 0 spiro atoms. The molecule has 0 unspecified atom stereocenters. The van der Waals surface area contributed by atoms with Gasteiger partial charge in [-0.25, -0.2) is 0 Å². The molecule has 1 saturated carbocycles. The van der Waals surface area contributed by atoms with Gasteiger partial charge in [-0.3, -0.25) is 9.59 Å². The van der Waals surface area contributed by atoms with E-state index in [-0.39, 0.29) is 23.9 Å². The summed E-state index contributed by atoms with van der Waals surface area (Å²) >= 11 is 0. The number of hydrogen-bond acceptors (Lipinski definition) is 3. The van der Waals surface area contributed by atoms with Crippen LogP contribution in [0, 0.1) is 6.92 Å². The van der Waals surface area contributed by atoms with Gasteiger partial charge in [0.05, 0.1) is 6.54 Å². The van der Waals surface area contributed by atoms with Gasteiger partial charge in [0, 0.05) is 17.6 Å². The van der Waals surface area contributed by atoms with Crippen molar-refractivity contribution in [3.05, 3.63) is 35.4 Å². The molecule has 4 N–H and O–H groups in total. The molecule has 2 amide bonds. The van der Waals surface area contributed by atoms with Crippen LogP contribution >= 0.6 is 0 Å². The van der Waals surface area contributed by atoms with E-state index in [1.54, 1.807) is 12.1 Å². The van der Waals surface area contributed by atoms with E-state index < -0.39 is 0 Å². The van der Waals surface area contributed by atoms with Crippen LogP contribution in [-0.2, 0) is 4.79 Å². The van der Waals surface area contributed by atoms with E-state index in [1.807, 2.05) is 19.1 Å². The van der Waals surface area contributed by atoms with Crippen LogP contribution in [0.4, 0.5) is 0 Å². The second-order valence-electron chi connectivity index (χ2n) is 6.25. The number of carbonyl (C=O) groups is 2. The van der Waals surface area contributed by atoms with Crippen molar-refractivity contribution in [3.8, 4) is 0 Å². The Kier molecular flexibility index (Phi) is 5.55. The maximum Gasteiger partial charge on any atom is 0.251 e. The van der Waals surface area contributed by atoms with Crippen LogP contribution in [0.1, 0.15) is 48.0 Å². The summed E-state index contributed by atoms with van der Waals surface area (Å²) in [4.78, 5) is 23.7. The fourth-order valence-corrected chi connectivity index (χ4v) is 2.74. The van der Waals surface area contributed by atoms with Crippen LogP contribution in [-0.4, -0.2) is 30.4 Å². The molecule has 0 aliphatic heterocycles. The molecule has 1 aliphatic carbocycles. The van der Waals surface area contributed by atoms with Crippen molar-refractivity contribution in [2.75, 3.05) is 13.1 Å². The second-order valence-corrected chi connectivity index (χ2v) is 6.25. The lowest BCUT2D eigenvalue weighted by molar-refractivity contribution is -0.120. The second kappa shape index (κ2) is 7.40. The van der Waals surface area contributed by atoms with E-state index in [0.717, 1.165) is 31.2 Å². The minimum Gasteiger partial charge on any atom is -0.353 e. The first kappa shape index (κ1) is 16.5. The predicted molar refractivity (Wildman–Crippen MR) is 86.5 cm³/mol. The number of nitrogens with two attached hydrogens (primary N) is 1. The lowest BCUT2D eigenvalue weighted by atomic mass is 9.82. The number of rotatable bonds is 5. The average molecular weight is 303 g/mol. The maximum atomic E-state index is 11.9. The molecule has 2 rings (SSSR count). The molecule has 120 valence electrons. The van der Waals surface area contributed by atoms with Crippen LogP contribution in [0.25, 0.3) is 0 Å². The molecule has 22 heavy (non-hydrogen) atoms. The Balaban J connectivity index is 1.73. The van der Waals surface area contributed by atoms with E-state index in [2.05, 4.69) is 10.6 Å². The van der Waals surface area contributed by atoms with Crippen molar-refractivity contribution in [2.45, 2.75) is 44.6 Å². The third-order valence-corrected chi connectivity index (χ3v) is 4.21. The highest BCUT2D eigenvalue weighted by atomic mass is 16.2. The van der Waals surface area contributed by atoms with Crippen LogP contribution in [0.2, 0.25) is 0 Å². The highest BCUT2D eigenvalue weighted by Crippen LogP contribution is 2.24. The summed E-state index contributed by atoms with van der Waals surface area (Å²) in [5, 5.41) is 5.46. The molecule has 0 heterocycles. The summed E-state index contributed by atoms with van der Waals surface area (Å²) in [6.45, 7) is 2.41. The van der Waals surface area contributed by atoms with Gasteiger partial charge in [0.1, 0.15) is 0 Å². The zero-order valence-electron chi connectivity index (χ0n) is 13.2. The Morgan fingerprint density at radius 2 is 1.73 bits per heavy atom. The number of nitrogens with one attached hydrogen (secondary N) is 2. The molecule has 0 bridgehead atoms. The maximum absolute atomic E-state index is 11.9. The van der Waals surface area contributed by atoms with Crippen LogP contribution < -0.4 is 16.4 Å². The summed E-state index contributed by atoms with van der Waals surface area (Å²) in [6.07, 6.45) is 5.36.